The molecule has 2 nitrogen and oxygen atoms in total. The summed E-state index contributed by atoms with van der Waals surface area (Å²) in [4.78, 5) is 0. The normalized spacial score (nSPS) is 15.1. The van der Waals surface area contributed by atoms with Crippen LogP contribution in [0.3, 0.4) is 0 Å². The zero-order valence-corrected chi connectivity index (χ0v) is 11.4. The molecule has 0 unspecified atom stereocenters. The van der Waals surface area contributed by atoms with E-state index in [4.69, 9.17) is 9.47 Å². The third kappa shape index (κ3) is 1.57. The van der Waals surface area contributed by atoms with Gasteiger partial charge in [0.05, 0.1) is 0 Å². The van der Waals surface area contributed by atoms with E-state index in [2.05, 4.69) is 45.2 Å². The summed E-state index contributed by atoms with van der Waals surface area (Å²) in [5, 5.41) is 0. The van der Waals surface area contributed by atoms with Crippen molar-refractivity contribution in [2.45, 2.75) is 0 Å². The van der Waals surface area contributed by atoms with Crippen LogP contribution < -0.4 is 9.47 Å². The summed E-state index contributed by atoms with van der Waals surface area (Å²) in [5.41, 5.74) is 0. The number of hydrogen-bond donors (Lipinski definition) is 0. The van der Waals surface area contributed by atoms with Crippen molar-refractivity contribution in [2.24, 2.45) is 0 Å². The predicted octanol–water partition coefficient (Wildman–Crippen LogP) is 1.72. The van der Waals surface area contributed by atoms with Crippen molar-refractivity contribution in [1.82, 2.24) is 0 Å². The molecule has 0 N–H and O–H groups in total. The molecule has 0 radical (unpaired) electrons. The van der Waals surface area contributed by atoms with E-state index < -0.39 is 0 Å². The van der Waals surface area contributed by atoms with Gasteiger partial charge in [0.1, 0.15) is 0 Å². The summed E-state index contributed by atoms with van der Waals surface area (Å²) in [5.74, 6) is 2.00. The Labute approximate surface area is 97.7 Å². The molecule has 5 heteroatoms. The summed E-state index contributed by atoms with van der Waals surface area (Å²) >= 11 is 5.13. The van der Waals surface area contributed by atoms with Crippen LogP contribution in [-0.2, 0) is 0 Å². The van der Waals surface area contributed by atoms with Crippen molar-refractivity contribution < 1.29 is 9.47 Å². The molecular formula is C6H4I2O2Se. The molecule has 0 aliphatic carbocycles. The first-order valence-corrected chi connectivity index (χ1v) is 6.89. The molecule has 0 bridgehead atoms. The number of fused-ring (bicyclic) bond motifs is 1. The Bertz CT molecular complexity index is 258. The molecule has 0 fully saturated rings. The number of hydrogen-bond acceptors (Lipinski definition) is 2. The van der Waals surface area contributed by atoms with Crippen LogP contribution in [0, 0.1) is 4.89 Å². The Balaban J connectivity index is 2.52. The fraction of sp³-hybridized carbons (Fsp3) is 0.333. The molecule has 2 heterocycles. The van der Waals surface area contributed by atoms with E-state index >= 15 is 0 Å². The van der Waals surface area contributed by atoms with Crippen molar-refractivity contribution >= 4 is 59.7 Å². The SMILES string of the molecule is Ic1[se]c(I)c2c1OCCO2. The summed E-state index contributed by atoms with van der Waals surface area (Å²) in [6, 6.07) is 0. The summed E-state index contributed by atoms with van der Waals surface area (Å²) in [6.07, 6.45) is 0. The van der Waals surface area contributed by atoms with Crippen molar-refractivity contribution in [3.63, 3.8) is 0 Å². The maximum atomic E-state index is 5.48. The van der Waals surface area contributed by atoms with Gasteiger partial charge in [-0.3, -0.25) is 0 Å². The second kappa shape index (κ2) is 3.43. The van der Waals surface area contributed by atoms with Gasteiger partial charge in [-0.2, -0.15) is 0 Å². The zero-order chi connectivity index (χ0) is 7.84. The summed E-state index contributed by atoms with van der Waals surface area (Å²) < 4.78 is 13.6. The Morgan fingerprint density at radius 2 is 1.45 bits per heavy atom. The molecule has 1 aromatic rings. The topological polar surface area (TPSA) is 18.5 Å². The molecule has 0 spiro atoms. The zero-order valence-electron chi connectivity index (χ0n) is 5.39. The fourth-order valence-electron chi connectivity index (χ4n) is 0.882. The van der Waals surface area contributed by atoms with E-state index in [1.807, 2.05) is 0 Å². The van der Waals surface area contributed by atoms with E-state index in [1.165, 1.54) is 4.89 Å². The third-order valence-electron chi connectivity index (χ3n) is 1.32. The van der Waals surface area contributed by atoms with Crippen molar-refractivity contribution in [2.75, 3.05) is 13.2 Å². The van der Waals surface area contributed by atoms with Gasteiger partial charge >= 0.3 is 98.8 Å². The summed E-state index contributed by atoms with van der Waals surface area (Å²) in [7, 11) is 0. The van der Waals surface area contributed by atoms with Crippen LogP contribution in [0.4, 0.5) is 0 Å². The first kappa shape index (κ1) is 8.65. The Hall–Kier alpha value is 1.06. The molecule has 60 valence electrons. The van der Waals surface area contributed by atoms with Crippen LogP contribution in [0.15, 0.2) is 0 Å². The molecule has 1 aromatic heterocycles. The van der Waals surface area contributed by atoms with Gasteiger partial charge in [0.2, 0.25) is 0 Å². The van der Waals surface area contributed by atoms with Gasteiger partial charge in [-0.25, -0.2) is 0 Å². The predicted molar refractivity (Wildman–Crippen MR) is 59.8 cm³/mol. The van der Waals surface area contributed by atoms with Gasteiger partial charge in [-0.05, 0) is 0 Å². The standard InChI is InChI=1S/C6H4I2O2Se/c7-5-3-4(6(8)11-5)10-2-1-9-3/h1-2H2. The fourth-order valence-corrected chi connectivity index (χ4v) is 7.52. The monoisotopic (exact) mass is 442 g/mol. The van der Waals surface area contributed by atoms with Crippen LogP contribution in [0.2, 0.25) is 0 Å². The minimum atomic E-state index is 0.454. The van der Waals surface area contributed by atoms with Crippen LogP contribution in [0.1, 0.15) is 0 Å². The van der Waals surface area contributed by atoms with Gasteiger partial charge in [-0.15, -0.1) is 0 Å². The van der Waals surface area contributed by atoms with Gasteiger partial charge in [0.15, 0.2) is 0 Å². The summed E-state index contributed by atoms with van der Waals surface area (Å²) in [6.45, 7) is 1.40. The molecule has 2 rings (SSSR count). The Kier molecular flexibility index (Phi) is 2.70. The molecule has 1 aliphatic heterocycles. The van der Waals surface area contributed by atoms with Gasteiger partial charge < -0.3 is 0 Å². The first-order valence-electron chi connectivity index (χ1n) is 3.02. The van der Waals surface area contributed by atoms with Gasteiger partial charge in [-0.1, -0.05) is 0 Å². The maximum absolute atomic E-state index is 5.48. The molecule has 0 saturated heterocycles. The van der Waals surface area contributed by atoms with E-state index in [0.29, 0.717) is 27.7 Å². The second-order valence-corrected chi connectivity index (χ2v) is 9.59. The van der Waals surface area contributed by atoms with Crippen LogP contribution >= 0.6 is 45.2 Å². The average Bonchev–Trinajstić information content (AvgIpc) is 2.30. The Morgan fingerprint density at radius 1 is 1.00 bits per heavy atom. The van der Waals surface area contributed by atoms with Crippen molar-refractivity contribution in [3.05, 3.63) is 4.89 Å². The molecule has 0 atom stereocenters. The van der Waals surface area contributed by atoms with Crippen molar-refractivity contribution in [1.29, 1.82) is 0 Å². The first-order chi connectivity index (χ1) is 5.29. The quantitative estimate of drug-likeness (QED) is 0.452. The third-order valence-corrected chi connectivity index (χ3v) is 6.12. The molecule has 0 amide bonds. The number of halogens is 2. The van der Waals surface area contributed by atoms with Crippen molar-refractivity contribution in [3.8, 4) is 11.5 Å². The minimum absolute atomic E-state index is 0.454. The van der Waals surface area contributed by atoms with E-state index in [0.717, 1.165) is 11.5 Å². The molecule has 1 aliphatic rings. The molecule has 0 aromatic carbocycles. The number of ether oxygens (including phenoxy) is 2. The van der Waals surface area contributed by atoms with Crippen LogP contribution in [0.25, 0.3) is 0 Å². The van der Waals surface area contributed by atoms with Crippen LogP contribution in [0.5, 0.6) is 11.5 Å². The molecule has 0 saturated carbocycles. The van der Waals surface area contributed by atoms with Gasteiger partial charge in [0.25, 0.3) is 0 Å². The van der Waals surface area contributed by atoms with E-state index in [-0.39, 0.29) is 0 Å². The van der Waals surface area contributed by atoms with Crippen LogP contribution in [-0.4, -0.2) is 27.7 Å². The van der Waals surface area contributed by atoms with E-state index in [1.54, 1.807) is 0 Å². The van der Waals surface area contributed by atoms with Gasteiger partial charge in [0, 0.05) is 0 Å². The average molecular weight is 441 g/mol. The molecular weight excluding hydrogens is 437 g/mol. The molecule has 11 heavy (non-hydrogen) atoms. The van der Waals surface area contributed by atoms with E-state index in [9.17, 15) is 0 Å². The second-order valence-electron chi connectivity index (χ2n) is 2.00. The Morgan fingerprint density at radius 3 is 1.91 bits per heavy atom. The number of rotatable bonds is 0.